The predicted molar refractivity (Wildman–Crippen MR) is 80.3 cm³/mol. The minimum Gasteiger partial charge on any atom is -0.323 e. The monoisotopic (exact) mass is 291 g/mol. The minimum absolute atomic E-state index is 0.161. The van der Waals surface area contributed by atoms with Crippen LogP contribution in [0.2, 0.25) is 0 Å². The van der Waals surface area contributed by atoms with Gasteiger partial charge >= 0.3 is 0 Å². The first-order valence-corrected chi connectivity index (χ1v) is 7.41. The van der Waals surface area contributed by atoms with E-state index in [0.717, 1.165) is 27.7 Å². The lowest BCUT2D eigenvalue weighted by Gasteiger charge is -2.12. The third-order valence-corrected chi connectivity index (χ3v) is 4.27. The largest absolute Gasteiger partial charge is 0.323 e. The summed E-state index contributed by atoms with van der Waals surface area (Å²) in [7, 11) is 0. The van der Waals surface area contributed by atoms with Gasteiger partial charge in [-0.05, 0) is 44.0 Å². The van der Waals surface area contributed by atoms with Crippen LogP contribution in [0.5, 0.6) is 0 Å². The molecule has 0 bridgehead atoms. The molecule has 0 spiro atoms. The van der Waals surface area contributed by atoms with Crippen LogP contribution in [0, 0.1) is 26.6 Å². The number of halogens is 1. The quantitative estimate of drug-likeness (QED) is 0.693. The van der Waals surface area contributed by atoms with Crippen LogP contribution in [0.1, 0.15) is 28.6 Å². The van der Waals surface area contributed by atoms with Gasteiger partial charge in [0.2, 0.25) is 0 Å². The van der Waals surface area contributed by atoms with Crippen molar-refractivity contribution in [2.45, 2.75) is 32.0 Å². The van der Waals surface area contributed by atoms with Crippen LogP contribution >= 0.6 is 11.8 Å². The average molecular weight is 291 g/mol. The summed E-state index contributed by atoms with van der Waals surface area (Å²) in [5.74, 6) is 0.412. The molecule has 0 aliphatic rings. The summed E-state index contributed by atoms with van der Waals surface area (Å²) < 4.78 is 12.9. The zero-order chi connectivity index (χ0) is 14.7. The maximum atomic E-state index is 12.9. The maximum Gasteiger partial charge on any atom is 0.188 e. The lowest BCUT2D eigenvalue weighted by Crippen LogP contribution is -2.13. The van der Waals surface area contributed by atoms with E-state index in [-0.39, 0.29) is 11.9 Å². The van der Waals surface area contributed by atoms with Crippen LogP contribution in [0.3, 0.4) is 0 Å². The lowest BCUT2D eigenvalue weighted by atomic mass is 10.1. The number of aryl methyl sites for hydroxylation is 2. The molecule has 0 saturated carbocycles. The van der Waals surface area contributed by atoms with Gasteiger partial charge in [-0.15, -0.1) is 0 Å². The van der Waals surface area contributed by atoms with Crippen LogP contribution in [-0.2, 0) is 0 Å². The highest BCUT2D eigenvalue weighted by Gasteiger charge is 2.10. The molecule has 0 aliphatic carbocycles. The molecule has 5 heteroatoms. The Bertz CT molecular complexity index is 576. The third kappa shape index (κ3) is 3.55. The summed E-state index contributed by atoms with van der Waals surface area (Å²) in [6.07, 6.45) is 0. The van der Waals surface area contributed by atoms with Crippen molar-refractivity contribution in [3.8, 4) is 0 Å². The van der Waals surface area contributed by atoms with Gasteiger partial charge in [-0.25, -0.2) is 14.4 Å². The van der Waals surface area contributed by atoms with Crippen molar-refractivity contribution < 1.29 is 4.39 Å². The number of hydrogen-bond acceptors (Lipinski definition) is 4. The fraction of sp³-hybridized carbons (Fsp3) is 0.333. The molecule has 0 amide bonds. The number of aromatic nitrogens is 2. The highest BCUT2D eigenvalue weighted by Crippen LogP contribution is 2.22. The van der Waals surface area contributed by atoms with E-state index in [2.05, 4.69) is 9.97 Å². The molecule has 1 heterocycles. The van der Waals surface area contributed by atoms with Gasteiger partial charge in [0, 0.05) is 23.2 Å². The predicted octanol–water partition coefficient (Wildman–Crippen LogP) is 3.33. The van der Waals surface area contributed by atoms with Crippen molar-refractivity contribution >= 4 is 11.8 Å². The van der Waals surface area contributed by atoms with E-state index in [1.54, 1.807) is 12.1 Å². The van der Waals surface area contributed by atoms with Gasteiger partial charge in [0.1, 0.15) is 5.82 Å². The topological polar surface area (TPSA) is 51.8 Å². The Morgan fingerprint density at radius 2 is 1.65 bits per heavy atom. The van der Waals surface area contributed by atoms with E-state index in [9.17, 15) is 4.39 Å². The van der Waals surface area contributed by atoms with Crippen molar-refractivity contribution in [2.24, 2.45) is 5.73 Å². The molecule has 0 saturated heterocycles. The number of thioether (sulfide) groups is 1. The van der Waals surface area contributed by atoms with Gasteiger partial charge in [0.15, 0.2) is 5.16 Å². The molecule has 2 aromatic rings. The molecule has 0 radical (unpaired) electrons. The summed E-state index contributed by atoms with van der Waals surface area (Å²) in [4.78, 5) is 8.90. The molecule has 1 aromatic carbocycles. The highest BCUT2D eigenvalue weighted by molar-refractivity contribution is 7.99. The number of nitrogens with zero attached hydrogens (tertiary/aromatic N) is 2. The Morgan fingerprint density at radius 1 is 1.10 bits per heavy atom. The third-order valence-electron chi connectivity index (χ3n) is 3.30. The van der Waals surface area contributed by atoms with Gasteiger partial charge in [0.05, 0.1) is 0 Å². The molecule has 1 aromatic heterocycles. The molecule has 0 fully saturated rings. The molecule has 2 N–H and O–H groups in total. The first-order valence-electron chi connectivity index (χ1n) is 6.43. The van der Waals surface area contributed by atoms with Gasteiger partial charge in [0.25, 0.3) is 0 Å². The standard InChI is InChI=1S/C15H18FN3S/c1-9-10(2)18-15(19-11(9)3)20-8-14(17)12-4-6-13(16)7-5-12/h4-7,14H,8,17H2,1-3H3. The Balaban J connectivity index is 2.03. The maximum absolute atomic E-state index is 12.9. The van der Waals surface area contributed by atoms with Crippen LogP contribution < -0.4 is 5.73 Å². The minimum atomic E-state index is -0.248. The van der Waals surface area contributed by atoms with E-state index in [1.807, 2.05) is 20.8 Å². The second-order valence-corrected chi connectivity index (χ2v) is 5.76. The van der Waals surface area contributed by atoms with Crippen molar-refractivity contribution in [1.29, 1.82) is 0 Å². The fourth-order valence-corrected chi connectivity index (χ4v) is 2.70. The summed E-state index contributed by atoms with van der Waals surface area (Å²) in [5, 5.41) is 0.739. The summed E-state index contributed by atoms with van der Waals surface area (Å²) >= 11 is 1.52. The smallest absolute Gasteiger partial charge is 0.188 e. The van der Waals surface area contributed by atoms with E-state index in [1.165, 1.54) is 23.9 Å². The first kappa shape index (κ1) is 14.9. The van der Waals surface area contributed by atoms with Gasteiger partial charge in [-0.3, -0.25) is 0 Å². The van der Waals surface area contributed by atoms with Gasteiger partial charge in [-0.1, -0.05) is 23.9 Å². The number of rotatable bonds is 4. The van der Waals surface area contributed by atoms with Crippen LogP contribution in [0.4, 0.5) is 4.39 Å². The van der Waals surface area contributed by atoms with Crippen molar-refractivity contribution in [3.05, 3.63) is 52.6 Å². The molecule has 1 unspecified atom stereocenters. The molecule has 20 heavy (non-hydrogen) atoms. The van der Waals surface area contributed by atoms with Crippen molar-refractivity contribution in [1.82, 2.24) is 9.97 Å². The fourth-order valence-electron chi connectivity index (χ4n) is 1.78. The first-order chi connectivity index (χ1) is 9.47. The summed E-state index contributed by atoms with van der Waals surface area (Å²) in [6.45, 7) is 5.98. The SMILES string of the molecule is Cc1nc(SCC(N)c2ccc(F)cc2)nc(C)c1C. The molecule has 0 aliphatic heterocycles. The second-order valence-electron chi connectivity index (χ2n) is 4.77. The van der Waals surface area contributed by atoms with E-state index >= 15 is 0 Å². The number of nitrogens with two attached hydrogens (primary N) is 1. The molecule has 2 rings (SSSR count). The molecule has 106 valence electrons. The Labute approximate surface area is 122 Å². The van der Waals surface area contributed by atoms with E-state index in [0.29, 0.717) is 5.75 Å². The number of hydrogen-bond donors (Lipinski definition) is 1. The Hall–Kier alpha value is -1.46. The highest BCUT2D eigenvalue weighted by atomic mass is 32.2. The summed E-state index contributed by atoms with van der Waals surface area (Å²) in [5.41, 5.74) is 10.1. The summed E-state index contributed by atoms with van der Waals surface area (Å²) in [6, 6.07) is 6.12. The van der Waals surface area contributed by atoms with E-state index in [4.69, 9.17) is 5.73 Å². The molecule has 3 nitrogen and oxygen atoms in total. The normalized spacial score (nSPS) is 12.4. The number of benzene rings is 1. The second kappa shape index (κ2) is 6.33. The van der Waals surface area contributed by atoms with Crippen LogP contribution in [-0.4, -0.2) is 15.7 Å². The average Bonchev–Trinajstić information content (AvgIpc) is 2.42. The lowest BCUT2D eigenvalue weighted by molar-refractivity contribution is 0.626. The van der Waals surface area contributed by atoms with Crippen molar-refractivity contribution in [3.63, 3.8) is 0 Å². The zero-order valence-corrected chi connectivity index (χ0v) is 12.7. The Kier molecular flexibility index (Phi) is 4.73. The van der Waals surface area contributed by atoms with E-state index < -0.39 is 0 Å². The van der Waals surface area contributed by atoms with Crippen LogP contribution in [0.25, 0.3) is 0 Å². The molecule has 1 atom stereocenters. The Morgan fingerprint density at radius 3 is 2.20 bits per heavy atom. The van der Waals surface area contributed by atoms with Crippen LogP contribution in [0.15, 0.2) is 29.4 Å². The van der Waals surface area contributed by atoms with Crippen molar-refractivity contribution in [2.75, 3.05) is 5.75 Å². The molecular formula is C15H18FN3S. The molecular weight excluding hydrogens is 273 g/mol. The zero-order valence-electron chi connectivity index (χ0n) is 11.9. The van der Waals surface area contributed by atoms with Gasteiger partial charge < -0.3 is 5.73 Å². The van der Waals surface area contributed by atoms with Gasteiger partial charge in [-0.2, -0.15) is 0 Å².